The predicted octanol–water partition coefficient (Wildman–Crippen LogP) is 4.53. The molecule has 0 N–H and O–H groups in total. The van der Waals surface area contributed by atoms with Gasteiger partial charge in [0.05, 0.1) is 5.69 Å². The first kappa shape index (κ1) is 15.1. The van der Waals surface area contributed by atoms with E-state index in [9.17, 15) is 9.18 Å². The molecule has 0 aliphatic heterocycles. The fourth-order valence-corrected chi connectivity index (χ4v) is 2.33. The van der Waals surface area contributed by atoms with Gasteiger partial charge in [-0.2, -0.15) is 0 Å². The highest BCUT2D eigenvalue weighted by Gasteiger charge is 2.13. The topological polar surface area (TPSA) is 30.0 Å². The quantitative estimate of drug-likeness (QED) is 0.609. The van der Waals surface area contributed by atoms with Crippen LogP contribution in [0.4, 0.5) is 4.39 Å². The third-order valence-corrected chi connectivity index (χ3v) is 3.26. The second-order valence-electron chi connectivity index (χ2n) is 5.27. The lowest BCUT2D eigenvalue weighted by molar-refractivity contribution is -0.104. The van der Waals surface area contributed by atoms with Crippen LogP contribution < -0.4 is 0 Å². The SMILES string of the molecule is Cc1cc(-c2ccc(F)cc2)c(C=CC=O)c(C(C)C)n1. The van der Waals surface area contributed by atoms with Crippen molar-refractivity contribution in [3.05, 3.63) is 59.2 Å². The van der Waals surface area contributed by atoms with Crippen LogP contribution in [0.15, 0.2) is 36.4 Å². The second-order valence-corrected chi connectivity index (χ2v) is 5.27. The summed E-state index contributed by atoms with van der Waals surface area (Å²) in [7, 11) is 0. The van der Waals surface area contributed by atoms with Crippen molar-refractivity contribution >= 4 is 12.4 Å². The average Bonchev–Trinajstić information content (AvgIpc) is 2.46. The summed E-state index contributed by atoms with van der Waals surface area (Å²) < 4.78 is 13.1. The van der Waals surface area contributed by atoms with Gasteiger partial charge in [0.15, 0.2) is 0 Å². The monoisotopic (exact) mass is 283 g/mol. The van der Waals surface area contributed by atoms with Gasteiger partial charge >= 0.3 is 0 Å². The van der Waals surface area contributed by atoms with Gasteiger partial charge in [0, 0.05) is 11.3 Å². The molecule has 108 valence electrons. The number of allylic oxidation sites excluding steroid dienone is 1. The minimum atomic E-state index is -0.265. The minimum Gasteiger partial charge on any atom is -0.299 e. The van der Waals surface area contributed by atoms with Crippen LogP contribution >= 0.6 is 0 Å². The molecule has 2 rings (SSSR count). The highest BCUT2D eigenvalue weighted by atomic mass is 19.1. The van der Waals surface area contributed by atoms with Crippen LogP contribution in [0.25, 0.3) is 17.2 Å². The molecule has 21 heavy (non-hydrogen) atoms. The van der Waals surface area contributed by atoms with Gasteiger partial charge in [-0.1, -0.05) is 26.0 Å². The van der Waals surface area contributed by atoms with Crippen molar-refractivity contribution in [3.8, 4) is 11.1 Å². The summed E-state index contributed by atoms with van der Waals surface area (Å²) in [6.07, 6.45) is 3.98. The largest absolute Gasteiger partial charge is 0.299 e. The summed E-state index contributed by atoms with van der Waals surface area (Å²) in [6, 6.07) is 8.32. The van der Waals surface area contributed by atoms with E-state index >= 15 is 0 Å². The average molecular weight is 283 g/mol. The summed E-state index contributed by atoms with van der Waals surface area (Å²) in [5.74, 6) is -0.0333. The van der Waals surface area contributed by atoms with Gasteiger partial charge in [0.25, 0.3) is 0 Å². The Bertz CT molecular complexity index is 672. The van der Waals surface area contributed by atoms with Gasteiger partial charge < -0.3 is 0 Å². The number of hydrogen-bond donors (Lipinski definition) is 0. The number of rotatable bonds is 4. The summed E-state index contributed by atoms with van der Waals surface area (Å²) in [5.41, 5.74) is 4.63. The smallest absolute Gasteiger partial charge is 0.142 e. The molecule has 0 atom stereocenters. The van der Waals surface area contributed by atoms with Crippen molar-refractivity contribution in [2.45, 2.75) is 26.7 Å². The van der Waals surface area contributed by atoms with Gasteiger partial charge in [-0.3, -0.25) is 9.78 Å². The molecule has 0 aliphatic carbocycles. The molecule has 0 radical (unpaired) electrons. The molecule has 1 aromatic carbocycles. The standard InChI is InChI=1S/C18H18FNO/c1-12(2)18-16(5-4-10-21)17(11-13(3)20-18)14-6-8-15(19)9-7-14/h4-12H,1-3H3. The Morgan fingerprint density at radius 3 is 2.43 bits per heavy atom. The number of hydrogen-bond acceptors (Lipinski definition) is 2. The van der Waals surface area contributed by atoms with E-state index in [1.165, 1.54) is 18.2 Å². The Hall–Kier alpha value is -2.29. The molecule has 0 fully saturated rings. The Labute approximate surface area is 124 Å². The van der Waals surface area contributed by atoms with E-state index in [0.717, 1.165) is 34.4 Å². The number of benzene rings is 1. The second kappa shape index (κ2) is 6.44. The number of aromatic nitrogens is 1. The van der Waals surface area contributed by atoms with E-state index in [2.05, 4.69) is 18.8 Å². The van der Waals surface area contributed by atoms with E-state index in [1.54, 1.807) is 18.2 Å². The first-order valence-electron chi connectivity index (χ1n) is 6.92. The lowest BCUT2D eigenvalue weighted by Gasteiger charge is -2.15. The van der Waals surface area contributed by atoms with Crippen LogP contribution in [0.5, 0.6) is 0 Å². The lowest BCUT2D eigenvalue weighted by atomic mass is 9.93. The molecule has 0 bridgehead atoms. The van der Waals surface area contributed by atoms with Crippen molar-refractivity contribution in [2.75, 3.05) is 0 Å². The fraction of sp³-hybridized carbons (Fsp3) is 0.222. The number of aryl methyl sites for hydroxylation is 1. The van der Waals surface area contributed by atoms with Crippen molar-refractivity contribution in [3.63, 3.8) is 0 Å². The maximum absolute atomic E-state index is 13.1. The normalized spacial score (nSPS) is 11.3. The van der Waals surface area contributed by atoms with E-state index in [-0.39, 0.29) is 11.7 Å². The Kier molecular flexibility index (Phi) is 4.63. The van der Waals surface area contributed by atoms with E-state index < -0.39 is 0 Å². The molecule has 0 amide bonds. The van der Waals surface area contributed by atoms with Crippen LogP contribution in [0.3, 0.4) is 0 Å². The molecular formula is C18H18FNO. The first-order chi connectivity index (χ1) is 10.0. The summed E-state index contributed by atoms with van der Waals surface area (Å²) in [6.45, 7) is 6.06. The molecule has 0 saturated heterocycles. The number of pyridine rings is 1. The lowest BCUT2D eigenvalue weighted by Crippen LogP contribution is -2.01. The molecule has 1 aromatic heterocycles. The van der Waals surface area contributed by atoms with Gasteiger partial charge in [-0.15, -0.1) is 0 Å². The molecule has 0 saturated carbocycles. The predicted molar refractivity (Wildman–Crippen MR) is 83.6 cm³/mol. The highest BCUT2D eigenvalue weighted by molar-refractivity contribution is 5.82. The summed E-state index contributed by atoms with van der Waals surface area (Å²) >= 11 is 0. The van der Waals surface area contributed by atoms with Crippen molar-refractivity contribution < 1.29 is 9.18 Å². The van der Waals surface area contributed by atoms with Crippen LogP contribution in [0.2, 0.25) is 0 Å². The third kappa shape index (κ3) is 3.43. The van der Waals surface area contributed by atoms with Gasteiger partial charge in [-0.05, 0) is 54.3 Å². The summed E-state index contributed by atoms with van der Waals surface area (Å²) in [5, 5.41) is 0. The molecule has 3 heteroatoms. The van der Waals surface area contributed by atoms with Gasteiger partial charge in [0.2, 0.25) is 0 Å². The minimum absolute atomic E-state index is 0.232. The molecule has 1 heterocycles. The molecule has 0 aliphatic rings. The molecule has 0 spiro atoms. The Balaban J connectivity index is 2.70. The van der Waals surface area contributed by atoms with Gasteiger partial charge in [0.1, 0.15) is 12.1 Å². The van der Waals surface area contributed by atoms with Crippen LogP contribution in [-0.4, -0.2) is 11.3 Å². The Morgan fingerprint density at radius 1 is 1.19 bits per heavy atom. The Morgan fingerprint density at radius 2 is 1.86 bits per heavy atom. The zero-order valence-electron chi connectivity index (χ0n) is 12.4. The van der Waals surface area contributed by atoms with Crippen LogP contribution in [-0.2, 0) is 4.79 Å². The summed E-state index contributed by atoms with van der Waals surface area (Å²) in [4.78, 5) is 15.2. The van der Waals surface area contributed by atoms with E-state index in [4.69, 9.17) is 0 Å². The van der Waals surface area contributed by atoms with E-state index in [0.29, 0.717) is 0 Å². The molecule has 0 unspecified atom stereocenters. The number of aldehydes is 1. The third-order valence-electron chi connectivity index (χ3n) is 3.26. The highest BCUT2D eigenvalue weighted by Crippen LogP contribution is 2.31. The molecule has 2 nitrogen and oxygen atoms in total. The number of nitrogens with zero attached hydrogens (tertiary/aromatic N) is 1. The van der Waals surface area contributed by atoms with Gasteiger partial charge in [-0.25, -0.2) is 4.39 Å². The maximum Gasteiger partial charge on any atom is 0.142 e. The van der Waals surface area contributed by atoms with E-state index in [1.807, 2.05) is 13.0 Å². The molecular weight excluding hydrogens is 265 g/mol. The first-order valence-corrected chi connectivity index (χ1v) is 6.92. The maximum atomic E-state index is 13.1. The zero-order chi connectivity index (χ0) is 15.4. The number of carbonyl (C=O) groups is 1. The number of carbonyl (C=O) groups excluding carboxylic acids is 1. The van der Waals surface area contributed by atoms with Crippen LogP contribution in [0, 0.1) is 12.7 Å². The zero-order valence-corrected chi connectivity index (χ0v) is 12.4. The van der Waals surface area contributed by atoms with Crippen molar-refractivity contribution in [1.29, 1.82) is 0 Å². The van der Waals surface area contributed by atoms with Crippen molar-refractivity contribution in [2.24, 2.45) is 0 Å². The fourth-order valence-electron chi connectivity index (χ4n) is 2.33. The van der Waals surface area contributed by atoms with Crippen molar-refractivity contribution in [1.82, 2.24) is 4.98 Å². The number of halogens is 1. The van der Waals surface area contributed by atoms with Crippen LogP contribution in [0.1, 0.15) is 36.7 Å². The molecule has 2 aromatic rings.